The van der Waals surface area contributed by atoms with Crippen molar-refractivity contribution in [2.45, 2.75) is 0 Å². The Hall–Kier alpha value is 1.24. The topological polar surface area (TPSA) is 34.1 Å². The Balaban J connectivity index is -0.00000000500. The van der Waals surface area contributed by atoms with Gasteiger partial charge in [-0.25, -0.2) is 0 Å². The van der Waals surface area contributed by atoms with E-state index in [0.29, 0.717) is 0 Å². The summed E-state index contributed by atoms with van der Waals surface area (Å²) < 4.78 is 16.1. The Morgan fingerprint density at radius 2 is 1.00 bits per heavy atom. The molecule has 0 aliphatic heterocycles. The molecule has 0 N–H and O–H groups in total. The second kappa shape index (κ2) is 61.5. The molecule has 5 heavy (non-hydrogen) atoms. The molecule has 0 aromatic carbocycles. The Morgan fingerprint density at radius 1 is 1.00 bits per heavy atom. The van der Waals surface area contributed by atoms with Gasteiger partial charge in [-0.2, -0.15) is 0 Å². The van der Waals surface area contributed by atoms with Crippen molar-refractivity contribution >= 4 is 0 Å². The zero-order valence-electron chi connectivity index (χ0n) is 3.57. The molecular formula is HLiMn2O2. The Bertz CT molecular complexity index is 13.5. The normalized spacial score (nSPS) is 1.60. The Labute approximate surface area is 59.8 Å². The first-order valence-electron chi connectivity index (χ1n) is 0.309. The fourth-order valence-electron chi connectivity index (χ4n) is 0. The van der Waals surface area contributed by atoms with Crippen molar-refractivity contribution in [2.75, 3.05) is 0 Å². The molecule has 0 rings (SSSR count). The van der Waals surface area contributed by atoms with E-state index >= 15 is 0 Å². The van der Waals surface area contributed by atoms with Gasteiger partial charge < -0.3 is 1.43 Å². The first-order chi connectivity index (χ1) is 2.00. The molecule has 0 aliphatic rings. The first kappa shape index (κ1) is 16.3. The van der Waals surface area contributed by atoms with Gasteiger partial charge in [0.05, 0.1) is 0 Å². The molecule has 28 valence electrons. The molecule has 0 fully saturated rings. The van der Waals surface area contributed by atoms with Crippen LogP contribution in [-0.2, 0) is 39.6 Å². The van der Waals surface area contributed by atoms with E-state index in [0.717, 1.165) is 0 Å². The zero-order chi connectivity index (χ0) is 4.00. The second-order valence-electron chi connectivity index (χ2n) is 0. The van der Waals surface area contributed by atoms with Crippen LogP contribution in [0.15, 0.2) is 0 Å². The fourth-order valence-corrected chi connectivity index (χ4v) is 0. The molecule has 0 amide bonds. The third-order valence-electron chi connectivity index (χ3n) is 0. The summed E-state index contributed by atoms with van der Waals surface area (Å²) in [5.41, 5.74) is 0. The Kier molecular flexibility index (Phi) is 201. The molecule has 5 heteroatoms. The SMILES string of the molecule is [H-].[Li+].[O]=[Mn].[O]=[Mn]. The van der Waals surface area contributed by atoms with E-state index in [1.807, 2.05) is 0 Å². The van der Waals surface area contributed by atoms with Gasteiger partial charge in [-0.15, -0.1) is 0 Å². The molecule has 0 aromatic heterocycles. The minimum atomic E-state index is 0. The molecule has 0 atom stereocenters. The average Bonchev–Trinajstić information content (AvgIpc) is 1.50. The molecule has 0 radical (unpaired) electrons. The summed E-state index contributed by atoms with van der Waals surface area (Å²) >= 11 is 3.38. The van der Waals surface area contributed by atoms with Crippen molar-refractivity contribution in [3.63, 3.8) is 0 Å². The molecule has 0 bridgehead atoms. The molecule has 0 saturated heterocycles. The molecule has 0 saturated carbocycles. The van der Waals surface area contributed by atoms with E-state index in [-0.39, 0.29) is 20.3 Å². The number of rotatable bonds is 0. The van der Waals surface area contributed by atoms with Crippen LogP contribution in [0.4, 0.5) is 0 Å². The van der Waals surface area contributed by atoms with E-state index in [1.165, 1.54) is 0 Å². The second-order valence-corrected chi connectivity index (χ2v) is 0. The summed E-state index contributed by atoms with van der Waals surface area (Å²) in [5, 5.41) is 0. The average molecular weight is 150 g/mol. The summed E-state index contributed by atoms with van der Waals surface area (Å²) in [5.74, 6) is 0. The fraction of sp³-hybridized carbons (Fsp3) is 0. The van der Waals surface area contributed by atoms with E-state index in [9.17, 15) is 0 Å². The van der Waals surface area contributed by atoms with Crippen LogP contribution in [0.3, 0.4) is 0 Å². The van der Waals surface area contributed by atoms with E-state index in [4.69, 9.17) is 7.67 Å². The van der Waals surface area contributed by atoms with Crippen molar-refractivity contribution in [1.82, 2.24) is 0 Å². The van der Waals surface area contributed by atoms with Crippen LogP contribution in [0.5, 0.6) is 0 Å². The maximum atomic E-state index is 8.06. The predicted octanol–water partition coefficient (Wildman–Crippen LogP) is -3.13. The van der Waals surface area contributed by atoms with Crippen molar-refractivity contribution in [3.05, 3.63) is 0 Å². The third kappa shape index (κ3) is 35.9. The first-order valence-corrected chi connectivity index (χ1v) is 1.27. The van der Waals surface area contributed by atoms with Gasteiger partial charge >= 0.3 is 58.4 Å². The van der Waals surface area contributed by atoms with Crippen LogP contribution in [0.25, 0.3) is 0 Å². The van der Waals surface area contributed by atoms with E-state index < -0.39 is 0 Å². The molecule has 0 heterocycles. The molecule has 0 unspecified atom stereocenters. The van der Waals surface area contributed by atoms with Gasteiger partial charge in [0.25, 0.3) is 0 Å². The molecule has 2 nitrogen and oxygen atoms in total. The summed E-state index contributed by atoms with van der Waals surface area (Å²) in [6.45, 7) is 0. The summed E-state index contributed by atoms with van der Waals surface area (Å²) in [7, 11) is 0. The van der Waals surface area contributed by atoms with Gasteiger partial charge in [0.1, 0.15) is 0 Å². The standard InChI is InChI=1S/Li.2Mn.2O.H/q+1;;;;;-1. The van der Waals surface area contributed by atoms with Gasteiger partial charge in [-0.05, 0) is 0 Å². The minimum absolute atomic E-state index is 0. The Morgan fingerprint density at radius 3 is 1.00 bits per heavy atom. The third-order valence-corrected chi connectivity index (χ3v) is 0. The van der Waals surface area contributed by atoms with Gasteiger partial charge in [-0.3, -0.25) is 0 Å². The zero-order valence-corrected chi connectivity index (χ0v) is 4.93. The van der Waals surface area contributed by atoms with Gasteiger partial charge in [-0.1, -0.05) is 0 Å². The van der Waals surface area contributed by atoms with Gasteiger partial charge in [0, 0.05) is 0 Å². The number of hydrogen-bond donors (Lipinski definition) is 0. The molecule has 0 spiro atoms. The van der Waals surface area contributed by atoms with Crippen molar-refractivity contribution < 1.29 is 59.8 Å². The van der Waals surface area contributed by atoms with Crippen molar-refractivity contribution in [2.24, 2.45) is 0 Å². The molecular weight excluding hydrogens is 149 g/mol. The van der Waals surface area contributed by atoms with Crippen molar-refractivity contribution in [3.8, 4) is 0 Å². The molecule has 0 aromatic rings. The van der Waals surface area contributed by atoms with Crippen LogP contribution < -0.4 is 18.9 Å². The van der Waals surface area contributed by atoms with Crippen molar-refractivity contribution in [1.29, 1.82) is 0 Å². The van der Waals surface area contributed by atoms with Crippen LogP contribution in [-0.4, -0.2) is 0 Å². The van der Waals surface area contributed by atoms with Crippen LogP contribution in [0, 0.1) is 0 Å². The summed E-state index contributed by atoms with van der Waals surface area (Å²) in [6.07, 6.45) is 0. The molecule has 0 aliphatic carbocycles. The van der Waals surface area contributed by atoms with Gasteiger partial charge in [0.2, 0.25) is 0 Å². The summed E-state index contributed by atoms with van der Waals surface area (Å²) in [4.78, 5) is 0. The van der Waals surface area contributed by atoms with Gasteiger partial charge in [0.15, 0.2) is 0 Å². The monoisotopic (exact) mass is 150 g/mol. The van der Waals surface area contributed by atoms with Crippen LogP contribution in [0.2, 0.25) is 0 Å². The van der Waals surface area contributed by atoms with E-state index in [2.05, 4.69) is 0 Å². The summed E-state index contributed by atoms with van der Waals surface area (Å²) in [6, 6.07) is 0. The maximum absolute atomic E-state index is 8.06. The van der Waals surface area contributed by atoms with Crippen LogP contribution >= 0.6 is 0 Å². The number of hydrogen-bond acceptors (Lipinski definition) is 2. The van der Waals surface area contributed by atoms with E-state index in [1.54, 1.807) is 31.9 Å². The quantitative estimate of drug-likeness (QED) is 0.342. The van der Waals surface area contributed by atoms with Crippen LogP contribution in [0.1, 0.15) is 1.43 Å². The predicted molar refractivity (Wildman–Crippen MR) is 2.49 cm³/mol.